The molecule has 0 amide bonds. The maximum absolute atomic E-state index is 9.67. The van der Waals surface area contributed by atoms with Gasteiger partial charge in [-0.1, -0.05) is 6.92 Å². The molecule has 0 saturated carbocycles. The fourth-order valence-electron chi connectivity index (χ4n) is 1.47. The predicted octanol–water partition coefficient (Wildman–Crippen LogP) is 2.01. The molecular formula is C10H12N2O. The molecule has 0 aromatic carbocycles. The van der Waals surface area contributed by atoms with Crippen molar-refractivity contribution in [2.24, 2.45) is 0 Å². The minimum Gasteiger partial charge on any atom is -0.388 e. The molecule has 2 aromatic heterocycles. The van der Waals surface area contributed by atoms with Crippen molar-refractivity contribution in [3.8, 4) is 0 Å². The van der Waals surface area contributed by atoms with Gasteiger partial charge in [-0.2, -0.15) is 0 Å². The molecule has 0 aliphatic rings. The molecule has 0 bridgehead atoms. The predicted molar refractivity (Wildman–Crippen MR) is 51.3 cm³/mol. The van der Waals surface area contributed by atoms with Crippen molar-refractivity contribution in [1.29, 1.82) is 0 Å². The summed E-state index contributed by atoms with van der Waals surface area (Å²) in [6.07, 6.45) is 3.90. The number of hydrogen-bond donors (Lipinski definition) is 2. The minimum absolute atomic E-state index is 0.391. The van der Waals surface area contributed by atoms with Gasteiger partial charge in [0.25, 0.3) is 0 Å². The number of aliphatic hydroxyl groups excluding tert-OH is 1. The van der Waals surface area contributed by atoms with Crippen molar-refractivity contribution in [2.75, 3.05) is 0 Å². The molecule has 0 fully saturated rings. The zero-order valence-electron chi connectivity index (χ0n) is 7.49. The second kappa shape index (κ2) is 3.18. The van der Waals surface area contributed by atoms with Crippen LogP contribution >= 0.6 is 0 Å². The van der Waals surface area contributed by atoms with Gasteiger partial charge < -0.3 is 10.1 Å². The van der Waals surface area contributed by atoms with Crippen molar-refractivity contribution in [1.82, 2.24) is 9.97 Å². The highest BCUT2D eigenvalue weighted by atomic mass is 16.3. The Labute approximate surface area is 76.4 Å². The van der Waals surface area contributed by atoms with Crippen molar-refractivity contribution in [3.63, 3.8) is 0 Å². The Morgan fingerprint density at radius 3 is 3.23 bits per heavy atom. The number of rotatable bonds is 2. The van der Waals surface area contributed by atoms with Gasteiger partial charge in [-0.05, 0) is 18.6 Å². The van der Waals surface area contributed by atoms with Crippen LogP contribution in [-0.2, 0) is 0 Å². The van der Waals surface area contributed by atoms with Crippen LogP contribution in [0.3, 0.4) is 0 Å². The van der Waals surface area contributed by atoms with Crippen LogP contribution in [0, 0.1) is 0 Å². The van der Waals surface area contributed by atoms with Crippen LogP contribution in [0.5, 0.6) is 0 Å². The van der Waals surface area contributed by atoms with E-state index in [1.54, 1.807) is 6.20 Å². The van der Waals surface area contributed by atoms with E-state index in [4.69, 9.17) is 0 Å². The van der Waals surface area contributed by atoms with Crippen molar-refractivity contribution in [2.45, 2.75) is 19.4 Å². The standard InChI is InChI=1S/C10H12N2O/c1-2-9(13)8-6-12-10-7(8)4-3-5-11-10/h3-6,9,13H,2H2,1H3,(H,11,12)/t9-/m0/s1. The van der Waals surface area contributed by atoms with Crippen LogP contribution in [-0.4, -0.2) is 15.1 Å². The number of fused-ring (bicyclic) bond motifs is 1. The number of aliphatic hydroxyl groups is 1. The lowest BCUT2D eigenvalue weighted by molar-refractivity contribution is 0.175. The van der Waals surface area contributed by atoms with E-state index in [2.05, 4.69) is 9.97 Å². The number of aromatic amines is 1. The average Bonchev–Trinajstić information content (AvgIpc) is 2.60. The number of nitrogens with one attached hydrogen (secondary N) is 1. The topological polar surface area (TPSA) is 48.9 Å². The zero-order valence-corrected chi connectivity index (χ0v) is 7.49. The molecule has 3 heteroatoms. The summed E-state index contributed by atoms with van der Waals surface area (Å²) in [5, 5.41) is 10.7. The summed E-state index contributed by atoms with van der Waals surface area (Å²) in [4.78, 5) is 7.18. The summed E-state index contributed by atoms with van der Waals surface area (Å²) in [6, 6.07) is 3.84. The Kier molecular flexibility index (Phi) is 2.02. The van der Waals surface area contributed by atoms with Gasteiger partial charge in [0.15, 0.2) is 0 Å². The van der Waals surface area contributed by atoms with Crippen LogP contribution in [0.1, 0.15) is 25.0 Å². The lowest BCUT2D eigenvalue weighted by atomic mass is 10.1. The van der Waals surface area contributed by atoms with Crippen LogP contribution in [0.4, 0.5) is 0 Å². The molecule has 2 heterocycles. The van der Waals surface area contributed by atoms with E-state index in [1.807, 2.05) is 25.3 Å². The number of H-pyrrole nitrogens is 1. The van der Waals surface area contributed by atoms with Gasteiger partial charge in [-0.3, -0.25) is 0 Å². The first-order chi connectivity index (χ1) is 6.33. The lowest BCUT2D eigenvalue weighted by Crippen LogP contribution is -1.92. The van der Waals surface area contributed by atoms with E-state index in [1.165, 1.54) is 0 Å². The van der Waals surface area contributed by atoms with Crippen molar-refractivity contribution >= 4 is 11.0 Å². The highest BCUT2D eigenvalue weighted by Crippen LogP contribution is 2.24. The Morgan fingerprint density at radius 2 is 2.46 bits per heavy atom. The molecule has 2 rings (SSSR count). The molecule has 3 nitrogen and oxygen atoms in total. The van der Waals surface area contributed by atoms with Crippen LogP contribution in [0.25, 0.3) is 11.0 Å². The molecule has 2 N–H and O–H groups in total. The maximum atomic E-state index is 9.67. The van der Waals surface area contributed by atoms with Crippen LogP contribution in [0.15, 0.2) is 24.5 Å². The summed E-state index contributed by atoms with van der Waals surface area (Å²) in [5.74, 6) is 0. The smallest absolute Gasteiger partial charge is 0.137 e. The van der Waals surface area contributed by atoms with E-state index in [0.29, 0.717) is 0 Å². The van der Waals surface area contributed by atoms with Crippen molar-refractivity contribution < 1.29 is 5.11 Å². The highest BCUT2D eigenvalue weighted by molar-refractivity contribution is 5.79. The Morgan fingerprint density at radius 1 is 1.62 bits per heavy atom. The highest BCUT2D eigenvalue weighted by Gasteiger charge is 2.10. The Balaban J connectivity index is 2.57. The molecule has 0 radical (unpaired) electrons. The summed E-state index contributed by atoms with van der Waals surface area (Å²) in [5.41, 5.74) is 1.77. The molecular weight excluding hydrogens is 164 g/mol. The van der Waals surface area contributed by atoms with Crippen molar-refractivity contribution in [3.05, 3.63) is 30.1 Å². The minimum atomic E-state index is -0.391. The quantitative estimate of drug-likeness (QED) is 0.735. The molecule has 0 aliphatic carbocycles. The van der Waals surface area contributed by atoms with E-state index in [-0.39, 0.29) is 0 Å². The number of nitrogens with zero attached hydrogens (tertiary/aromatic N) is 1. The second-order valence-electron chi connectivity index (χ2n) is 3.07. The van der Waals surface area contributed by atoms with Gasteiger partial charge in [0.2, 0.25) is 0 Å². The number of hydrogen-bond acceptors (Lipinski definition) is 2. The monoisotopic (exact) mass is 176 g/mol. The zero-order chi connectivity index (χ0) is 9.26. The number of pyridine rings is 1. The molecule has 13 heavy (non-hydrogen) atoms. The Bertz CT molecular complexity index is 408. The van der Waals surface area contributed by atoms with Gasteiger partial charge in [0.1, 0.15) is 5.65 Å². The molecule has 2 aromatic rings. The van der Waals surface area contributed by atoms with E-state index >= 15 is 0 Å². The fraction of sp³-hybridized carbons (Fsp3) is 0.300. The molecule has 1 atom stereocenters. The normalized spacial score (nSPS) is 13.4. The first-order valence-electron chi connectivity index (χ1n) is 4.43. The second-order valence-corrected chi connectivity index (χ2v) is 3.07. The van der Waals surface area contributed by atoms with E-state index in [0.717, 1.165) is 23.0 Å². The van der Waals surface area contributed by atoms with Gasteiger partial charge in [0.05, 0.1) is 6.10 Å². The number of aromatic nitrogens is 2. The maximum Gasteiger partial charge on any atom is 0.137 e. The molecule has 0 saturated heterocycles. The molecule has 68 valence electrons. The molecule has 0 unspecified atom stereocenters. The Hall–Kier alpha value is -1.35. The SMILES string of the molecule is CC[C@H](O)c1c[nH]c2ncccc12. The summed E-state index contributed by atoms with van der Waals surface area (Å²) in [6.45, 7) is 1.96. The van der Waals surface area contributed by atoms with Gasteiger partial charge in [-0.25, -0.2) is 4.98 Å². The van der Waals surface area contributed by atoms with Crippen LogP contribution < -0.4 is 0 Å². The van der Waals surface area contributed by atoms with Gasteiger partial charge >= 0.3 is 0 Å². The van der Waals surface area contributed by atoms with Gasteiger partial charge in [0, 0.05) is 23.3 Å². The first kappa shape index (κ1) is 8.26. The summed E-state index contributed by atoms with van der Waals surface area (Å²) < 4.78 is 0. The van der Waals surface area contributed by atoms with E-state index in [9.17, 15) is 5.11 Å². The summed E-state index contributed by atoms with van der Waals surface area (Å²) >= 11 is 0. The first-order valence-corrected chi connectivity index (χ1v) is 4.43. The third-order valence-electron chi connectivity index (χ3n) is 2.23. The van der Waals surface area contributed by atoms with E-state index < -0.39 is 6.10 Å². The van der Waals surface area contributed by atoms with Gasteiger partial charge in [-0.15, -0.1) is 0 Å². The van der Waals surface area contributed by atoms with Crippen LogP contribution in [0.2, 0.25) is 0 Å². The third-order valence-corrected chi connectivity index (χ3v) is 2.23. The summed E-state index contributed by atoms with van der Waals surface area (Å²) in [7, 11) is 0. The largest absolute Gasteiger partial charge is 0.388 e. The molecule has 0 aliphatic heterocycles. The fourth-order valence-corrected chi connectivity index (χ4v) is 1.47. The third kappa shape index (κ3) is 1.31. The lowest BCUT2D eigenvalue weighted by Gasteiger charge is -2.04. The molecule has 0 spiro atoms. The average molecular weight is 176 g/mol.